The Morgan fingerprint density at radius 3 is 2.88 bits per heavy atom. The molecule has 5 atom stereocenters. The first-order valence-corrected chi connectivity index (χ1v) is 9.98. The van der Waals surface area contributed by atoms with Crippen LogP contribution in [0.2, 0.25) is 0 Å². The second-order valence-corrected chi connectivity index (χ2v) is 8.40. The average molecular weight is 399 g/mol. The summed E-state index contributed by atoms with van der Waals surface area (Å²) in [6.07, 6.45) is 6.74. The van der Waals surface area contributed by atoms with E-state index in [2.05, 4.69) is 46.1 Å². The van der Waals surface area contributed by atoms with Crippen LogP contribution >= 0.6 is 15.9 Å². The van der Waals surface area contributed by atoms with Crippen molar-refractivity contribution in [2.45, 2.75) is 64.9 Å². The molecule has 2 aliphatic carbocycles. The molecule has 4 heteroatoms. The summed E-state index contributed by atoms with van der Waals surface area (Å²) in [5.74, 6) is 1.33. The summed E-state index contributed by atoms with van der Waals surface area (Å²) in [5, 5.41) is 10.4. The minimum atomic E-state index is -0.524. The van der Waals surface area contributed by atoms with Crippen molar-refractivity contribution in [3.8, 4) is 0 Å². The van der Waals surface area contributed by atoms with Gasteiger partial charge in [-0.1, -0.05) is 41.9 Å². The summed E-state index contributed by atoms with van der Waals surface area (Å²) in [7, 11) is 1.35. The highest BCUT2D eigenvalue weighted by Gasteiger charge is 2.50. The Kier molecular flexibility index (Phi) is 6.72. The van der Waals surface area contributed by atoms with E-state index in [9.17, 15) is 9.90 Å². The Balaban J connectivity index is 1.98. The fraction of sp³-hybridized carbons (Fsp3) is 0.750. The molecular formula is C20H31BrO3. The molecule has 2 saturated carbocycles. The van der Waals surface area contributed by atoms with Gasteiger partial charge in [0.15, 0.2) is 0 Å². The maximum atomic E-state index is 11.5. The largest absolute Gasteiger partial charge is 0.466 e. The fourth-order valence-corrected chi connectivity index (χ4v) is 5.88. The number of carbonyl (C=O) groups excluding carboxylic acids is 1. The predicted octanol–water partition coefficient (Wildman–Crippen LogP) is 4.99. The predicted molar refractivity (Wildman–Crippen MR) is 101 cm³/mol. The third kappa shape index (κ3) is 3.96. The standard InChI is InChI=1S/C20H31BrO3/c1-13(10-16(22)11-14(2)19(23)24-4)17-7-8-18-15(12-21)6-5-9-20(17,18)3/h12-13,16-18,22H,2,5-11H2,1,3-4H3/b15-12+/t13-,16+,17-,18+,20-/m1/s1. The van der Waals surface area contributed by atoms with E-state index in [1.807, 2.05) is 0 Å². The molecule has 0 saturated heterocycles. The highest BCUT2D eigenvalue weighted by Crippen LogP contribution is 2.60. The van der Waals surface area contributed by atoms with E-state index < -0.39 is 12.1 Å². The third-order valence-corrected chi connectivity index (χ3v) is 7.05. The number of methoxy groups -OCH3 is 1. The molecule has 0 heterocycles. The summed E-state index contributed by atoms with van der Waals surface area (Å²) in [5.41, 5.74) is 2.27. The van der Waals surface area contributed by atoms with Crippen LogP contribution in [0, 0.1) is 23.2 Å². The van der Waals surface area contributed by atoms with E-state index in [0.717, 1.165) is 6.42 Å². The van der Waals surface area contributed by atoms with Crippen LogP contribution in [-0.2, 0) is 9.53 Å². The van der Waals surface area contributed by atoms with E-state index in [0.29, 0.717) is 35.2 Å². The number of allylic oxidation sites excluding steroid dienone is 1. The van der Waals surface area contributed by atoms with Gasteiger partial charge in [0.2, 0.25) is 0 Å². The first-order chi connectivity index (χ1) is 11.3. The summed E-state index contributed by atoms with van der Waals surface area (Å²) in [6.45, 7) is 8.43. The number of aliphatic hydroxyl groups is 1. The number of hydrogen-bond acceptors (Lipinski definition) is 3. The van der Waals surface area contributed by atoms with Gasteiger partial charge in [-0.25, -0.2) is 4.79 Å². The Labute approximate surface area is 154 Å². The van der Waals surface area contributed by atoms with Crippen LogP contribution in [0.4, 0.5) is 0 Å². The molecule has 24 heavy (non-hydrogen) atoms. The van der Waals surface area contributed by atoms with E-state index in [1.165, 1.54) is 39.2 Å². The van der Waals surface area contributed by atoms with Crippen LogP contribution in [0.15, 0.2) is 22.7 Å². The smallest absolute Gasteiger partial charge is 0.333 e. The summed E-state index contributed by atoms with van der Waals surface area (Å²) >= 11 is 3.56. The topological polar surface area (TPSA) is 46.5 Å². The number of hydrogen-bond donors (Lipinski definition) is 1. The van der Waals surface area contributed by atoms with Crippen molar-refractivity contribution >= 4 is 21.9 Å². The van der Waals surface area contributed by atoms with Gasteiger partial charge in [0.05, 0.1) is 13.2 Å². The molecule has 3 nitrogen and oxygen atoms in total. The first-order valence-electron chi connectivity index (χ1n) is 9.06. The van der Waals surface area contributed by atoms with Gasteiger partial charge in [-0.3, -0.25) is 0 Å². The summed E-state index contributed by atoms with van der Waals surface area (Å²) < 4.78 is 4.67. The molecule has 0 aromatic rings. The van der Waals surface area contributed by atoms with E-state index in [-0.39, 0.29) is 0 Å². The van der Waals surface area contributed by atoms with Crippen LogP contribution < -0.4 is 0 Å². The SMILES string of the molecule is C=C(C[C@@H](O)C[C@@H](C)[C@H]1CC[C@H]2/C(=C/Br)CCC[C@]12C)C(=O)OC. The molecule has 2 fully saturated rings. The van der Waals surface area contributed by atoms with Crippen molar-refractivity contribution < 1.29 is 14.6 Å². The molecule has 136 valence electrons. The van der Waals surface area contributed by atoms with Gasteiger partial charge in [-0.05, 0) is 66.7 Å². The van der Waals surface area contributed by atoms with Gasteiger partial charge in [0.1, 0.15) is 0 Å². The van der Waals surface area contributed by atoms with Crippen molar-refractivity contribution in [2.75, 3.05) is 7.11 Å². The number of fused-ring (bicyclic) bond motifs is 1. The van der Waals surface area contributed by atoms with Crippen LogP contribution in [-0.4, -0.2) is 24.3 Å². The van der Waals surface area contributed by atoms with Gasteiger partial charge in [-0.15, -0.1) is 0 Å². The lowest BCUT2D eigenvalue weighted by atomic mass is 9.61. The summed E-state index contributed by atoms with van der Waals surface area (Å²) in [4.78, 5) is 13.6. The van der Waals surface area contributed by atoms with Gasteiger partial charge >= 0.3 is 5.97 Å². The van der Waals surface area contributed by atoms with Crippen LogP contribution in [0.3, 0.4) is 0 Å². The zero-order chi connectivity index (χ0) is 17.9. The van der Waals surface area contributed by atoms with Gasteiger partial charge in [0.25, 0.3) is 0 Å². The minimum Gasteiger partial charge on any atom is -0.466 e. The summed E-state index contributed by atoms with van der Waals surface area (Å²) in [6, 6.07) is 0. The lowest BCUT2D eigenvalue weighted by Gasteiger charge is -2.44. The van der Waals surface area contributed by atoms with Crippen molar-refractivity contribution in [1.82, 2.24) is 0 Å². The lowest BCUT2D eigenvalue weighted by molar-refractivity contribution is -0.136. The maximum Gasteiger partial charge on any atom is 0.333 e. The lowest BCUT2D eigenvalue weighted by Crippen LogP contribution is -2.36. The van der Waals surface area contributed by atoms with Crippen molar-refractivity contribution in [1.29, 1.82) is 0 Å². The molecule has 1 N–H and O–H groups in total. The molecule has 0 bridgehead atoms. The first kappa shape index (κ1) is 19.7. The molecule has 2 rings (SSSR count). The Morgan fingerprint density at radius 1 is 1.54 bits per heavy atom. The molecule has 0 radical (unpaired) electrons. The number of aliphatic hydroxyl groups excluding tert-OH is 1. The molecule has 0 spiro atoms. The highest BCUT2D eigenvalue weighted by molar-refractivity contribution is 9.11. The normalized spacial score (nSPS) is 33.8. The van der Waals surface area contributed by atoms with Crippen LogP contribution in [0.5, 0.6) is 0 Å². The Morgan fingerprint density at radius 2 is 2.25 bits per heavy atom. The molecule has 0 aromatic carbocycles. The molecule has 0 unspecified atom stereocenters. The number of rotatable bonds is 6. The highest BCUT2D eigenvalue weighted by atomic mass is 79.9. The maximum absolute atomic E-state index is 11.5. The fourth-order valence-electron chi connectivity index (χ4n) is 5.33. The number of ether oxygens (including phenoxy) is 1. The third-order valence-electron chi connectivity index (χ3n) is 6.46. The molecule has 0 aromatic heterocycles. The quantitative estimate of drug-likeness (QED) is 0.506. The van der Waals surface area contributed by atoms with Gasteiger partial charge in [-0.2, -0.15) is 0 Å². The molecular weight excluding hydrogens is 368 g/mol. The second kappa shape index (κ2) is 8.18. The second-order valence-electron chi connectivity index (χ2n) is 7.95. The monoisotopic (exact) mass is 398 g/mol. The Hall–Kier alpha value is -0.610. The molecule has 2 aliphatic rings. The van der Waals surface area contributed by atoms with E-state index >= 15 is 0 Å². The van der Waals surface area contributed by atoms with Gasteiger partial charge in [0, 0.05) is 12.0 Å². The van der Waals surface area contributed by atoms with Crippen molar-refractivity contribution in [3.63, 3.8) is 0 Å². The number of carbonyl (C=O) groups is 1. The van der Waals surface area contributed by atoms with Crippen molar-refractivity contribution in [3.05, 3.63) is 22.7 Å². The van der Waals surface area contributed by atoms with Crippen LogP contribution in [0.25, 0.3) is 0 Å². The van der Waals surface area contributed by atoms with Gasteiger partial charge < -0.3 is 9.84 Å². The van der Waals surface area contributed by atoms with Crippen LogP contribution in [0.1, 0.15) is 58.8 Å². The van der Waals surface area contributed by atoms with E-state index in [4.69, 9.17) is 0 Å². The zero-order valence-electron chi connectivity index (χ0n) is 15.2. The Bertz CT molecular complexity index is 513. The molecule has 0 aliphatic heterocycles. The number of halogens is 1. The minimum absolute atomic E-state index is 0.302. The molecule has 0 amide bonds. The zero-order valence-corrected chi connectivity index (χ0v) is 16.8. The van der Waals surface area contributed by atoms with E-state index in [1.54, 1.807) is 5.57 Å². The average Bonchev–Trinajstić information content (AvgIpc) is 2.90. The van der Waals surface area contributed by atoms with Crippen molar-refractivity contribution in [2.24, 2.45) is 23.2 Å². The number of esters is 1.